The minimum Gasteiger partial charge on any atom is -0.413 e. The van der Waals surface area contributed by atoms with Crippen LogP contribution in [0.15, 0.2) is 52.2 Å². The molecule has 2 aromatic rings. The standard InChI is InChI=1S/C25H32ClFN3O8P/c1-16(19(31)14-17-8-4-2-5-9-17)29-39(35,38-18-10-6-3-7-11-18)36-15-20-22(33)25(26,27)23(37-20)30-13-12-21(32)28-24(30)34/h3,6-7,10-13,16-17,20,22-23,33H,2,4-5,8-9,14-15H2,1H3,(H,29,35)(H,28,32,34)/t16-,20+,22+,23+,25+,39?/m0/s1. The second-order valence-corrected chi connectivity index (χ2v) is 12.2. The Balaban J connectivity index is 1.48. The molecule has 14 heteroatoms. The van der Waals surface area contributed by atoms with Gasteiger partial charge in [-0.3, -0.25) is 23.7 Å². The number of carbonyl (C=O) groups excluding carboxylic acids is 1. The maximum atomic E-state index is 15.3. The Hall–Kier alpha value is -2.34. The fourth-order valence-corrected chi connectivity index (χ4v) is 6.60. The smallest absolute Gasteiger partial charge is 0.413 e. The molecule has 11 nitrogen and oxygen atoms in total. The van der Waals surface area contributed by atoms with E-state index in [0.717, 1.165) is 44.4 Å². The van der Waals surface area contributed by atoms with Crippen molar-refractivity contribution in [2.45, 2.75) is 75.1 Å². The van der Waals surface area contributed by atoms with Gasteiger partial charge in [0.05, 0.1) is 12.6 Å². The molecular weight excluding hydrogens is 556 g/mol. The largest absolute Gasteiger partial charge is 0.459 e. The quantitative estimate of drug-likeness (QED) is 0.265. The summed E-state index contributed by atoms with van der Waals surface area (Å²) < 4.78 is 46.4. The number of carbonyl (C=O) groups is 1. The predicted molar refractivity (Wildman–Crippen MR) is 140 cm³/mol. The monoisotopic (exact) mass is 587 g/mol. The summed E-state index contributed by atoms with van der Waals surface area (Å²) in [6.45, 7) is 0.884. The van der Waals surface area contributed by atoms with Gasteiger partial charge in [-0.15, -0.1) is 0 Å². The van der Waals surface area contributed by atoms with Gasteiger partial charge in [-0.1, -0.05) is 61.9 Å². The molecule has 214 valence electrons. The van der Waals surface area contributed by atoms with Crippen molar-refractivity contribution in [2.75, 3.05) is 6.61 Å². The Labute approximate surface area is 229 Å². The molecule has 2 heterocycles. The Morgan fingerprint density at radius 2 is 1.97 bits per heavy atom. The fourth-order valence-electron chi connectivity index (χ4n) is 4.76. The summed E-state index contributed by atoms with van der Waals surface area (Å²) >= 11 is 5.91. The van der Waals surface area contributed by atoms with Gasteiger partial charge >= 0.3 is 13.4 Å². The number of halogens is 2. The minimum atomic E-state index is -4.28. The van der Waals surface area contributed by atoms with E-state index >= 15 is 4.39 Å². The second-order valence-electron chi connectivity index (χ2n) is 9.89. The van der Waals surface area contributed by atoms with Gasteiger partial charge in [0.2, 0.25) is 0 Å². The topological polar surface area (TPSA) is 149 Å². The van der Waals surface area contributed by atoms with Crippen LogP contribution >= 0.6 is 19.3 Å². The van der Waals surface area contributed by atoms with E-state index < -0.39 is 55.2 Å². The third kappa shape index (κ3) is 7.25. The van der Waals surface area contributed by atoms with E-state index in [1.165, 1.54) is 12.1 Å². The van der Waals surface area contributed by atoms with Crippen molar-refractivity contribution in [1.82, 2.24) is 14.6 Å². The summed E-state index contributed by atoms with van der Waals surface area (Å²) in [5.41, 5.74) is -1.72. The number of para-hydroxylation sites is 1. The maximum absolute atomic E-state index is 15.3. The highest BCUT2D eigenvalue weighted by Crippen LogP contribution is 2.48. The number of alkyl halides is 2. The number of hydrogen-bond donors (Lipinski definition) is 3. The number of aromatic nitrogens is 2. The summed E-state index contributed by atoms with van der Waals surface area (Å²) in [6, 6.07) is 8.18. The van der Waals surface area contributed by atoms with Crippen LogP contribution < -0.4 is 20.9 Å². The van der Waals surface area contributed by atoms with E-state index in [0.29, 0.717) is 11.0 Å². The Kier molecular flexibility index (Phi) is 9.46. The molecule has 1 saturated carbocycles. The number of aliphatic hydroxyl groups excluding tert-OH is 1. The molecule has 1 saturated heterocycles. The number of hydrogen-bond acceptors (Lipinski definition) is 8. The first kappa shape index (κ1) is 29.6. The van der Waals surface area contributed by atoms with Gasteiger partial charge in [-0.25, -0.2) is 18.8 Å². The van der Waals surface area contributed by atoms with Crippen molar-refractivity contribution < 1.29 is 32.6 Å². The summed E-state index contributed by atoms with van der Waals surface area (Å²) in [4.78, 5) is 38.4. The van der Waals surface area contributed by atoms with Crippen LogP contribution in [0.2, 0.25) is 0 Å². The van der Waals surface area contributed by atoms with Crippen molar-refractivity contribution >= 4 is 25.1 Å². The summed E-state index contributed by atoms with van der Waals surface area (Å²) in [5.74, 6) is 0.297. The van der Waals surface area contributed by atoms with Crippen LogP contribution in [0.25, 0.3) is 0 Å². The third-order valence-electron chi connectivity index (χ3n) is 6.91. The number of nitrogens with zero attached hydrogens (tertiary/aromatic N) is 1. The highest BCUT2D eigenvalue weighted by atomic mass is 35.5. The van der Waals surface area contributed by atoms with Crippen LogP contribution in [0.1, 0.15) is 51.7 Å². The lowest BCUT2D eigenvalue weighted by Crippen LogP contribution is -2.42. The van der Waals surface area contributed by atoms with E-state index in [1.807, 2.05) is 4.98 Å². The van der Waals surface area contributed by atoms with Gasteiger partial charge in [0.15, 0.2) is 6.23 Å². The molecule has 2 fully saturated rings. The zero-order valence-corrected chi connectivity index (χ0v) is 23.0. The average Bonchev–Trinajstić information content (AvgIpc) is 3.12. The molecular formula is C25H32ClFN3O8P. The van der Waals surface area contributed by atoms with E-state index in [2.05, 4.69) is 5.09 Å². The Bertz CT molecular complexity index is 1300. The van der Waals surface area contributed by atoms with Crippen molar-refractivity contribution in [3.63, 3.8) is 0 Å². The van der Waals surface area contributed by atoms with Crippen LogP contribution in [-0.2, 0) is 18.6 Å². The molecule has 39 heavy (non-hydrogen) atoms. The summed E-state index contributed by atoms with van der Waals surface area (Å²) in [7, 11) is -4.28. The lowest BCUT2D eigenvalue weighted by Gasteiger charge is -2.26. The number of rotatable bonds is 11. The van der Waals surface area contributed by atoms with E-state index in [4.69, 9.17) is 25.4 Å². The fraction of sp³-hybridized carbons (Fsp3) is 0.560. The molecule has 0 amide bonds. The van der Waals surface area contributed by atoms with Crippen molar-refractivity contribution in [3.05, 3.63) is 63.4 Å². The van der Waals surface area contributed by atoms with Crippen LogP contribution in [0.5, 0.6) is 5.75 Å². The van der Waals surface area contributed by atoms with E-state index in [9.17, 15) is 24.1 Å². The number of aromatic amines is 1. The van der Waals surface area contributed by atoms with Gasteiger partial charge < -0.3 is 14.4 Å². The van der Waals surface area contributed by atoms with Gasteiger partial charge in [-0.05, 0) is 25.0 Å². The molecule has 1 unspecified atom stereocenters. The van der Waals surface area contributed by atoms with Gasteiger partial charge in [-0.2, -0.15) is 0 Å². The van der Waals surface area contributed by atoms with Crippen molar-refractivity contribution in [3.8, 4) is 5.75 Å². The summed E-state index contributed by atoms with van der Waals surface area (Å²) in [5, 5.41) is 10.2. The molecule has 1 aliphatic heterocycles. The van der Waals surface area contributed by atoms with Gasteiger partial charge in [0.1, 0.15) is 23.7 Å². The first-order valence-electron chi connectivity index (χ1n) is 12.8. The third-order valence-corrected chi connectivity index (χ3v) is 8.96. The molecule has 4 rings (SSSR count). The second kappa shape index (κ2) is 12.4. The first-order valence-corrected chi connectivity index (χ1v) is 14.7. The van der Waals surface area contributed by atoms with E-state index in [1.54, 1.807) is 25.1 Å². The lowest BCUT2D eigenvalue weighted by molar-refractivity contribution is -0.121. The average molecular weight is 588 g/mol. The number of H-pyrrole nitrogens is 1. The number of aliphatic hydroxyl groups is 1. The highest BCUT2D eigenvalue weighted by Gasteiger charge is 2.58. The van der Waals surface area contributed by atoms with E-state index in [-0.39, 0.29) is 17.5 Å². The minimum absolute atomic E-state index is 0.152. The lowest BCUT2D eigenvalue weighted by atomic mass is 9.85. The van der Waals surface area contributed by atoms with Crippen LogP contribution in [0.4, 0.5) is 4.39 Å². The Morgan fingerprint density at radius 3 is 2.64 bits per heavy atom. The van der Waals surface area contributed by atoms with Crippen molar-refractivity contribution in [1.29, 1.82) is 0 Å². The molecule has 1 aliphatic carbocycles. The summed E-state index contributed by atoms with van der Waals surface area (Å²) in [6.07, 6.45) is 1.21. The molecule has 1 aromatic heterocycles. The molecule has 0 radical (unpaired) electrons. The maximum Gasteiger partial charge on any atom is 0.459 e. The molecule has 6 atom stereocenters. The normalized spacial score (nSPS) is 28.1. The van der Waals surface area contributed by atoms with Crippen molar-refractivity contribution in [2.24, 2.45) is 5.92 Å². The zero-order valence-electron chi connectivity index (χ0n) is 21.3. The SMILES string of the molecule is C[C@H](NP(=O)(OC[C@H]1O[C@@H](n2ccc(=O)[nH]c2=O)[C@@](F)(Cl)[C@@H]1O)Oc1ccccc1)C(=O)CC1CCCCC1. The first-order chi connectivity index (χ1) is 18.5. The number of benzene rings is 1. The number of ketones is 1. The van der Waals surface area contributed by atoms with Crippen LogP contribution in [-0.4, -0.2) is 50.4 Å². The molecule has 1 aromatic carbocycles. The van der Waals surface area contributed by atoms with Gasteiger partial charge in [0, 0.05) is 18.7 Å². The highest BCUT2D eigenvalue weighted by molar-refractivity contribution is 7.52. The Morgan fingerprint density at radius 1 is 1.28 bits per heavy atom. The van der Waals surface area contributed by atoms with Crippen LogP contribution in [0, 0.1) is 5.92 Å². The molecule has 0 bridgehead atoms. The number of Topliss-reactive ketones (excluding diaryl/α,β-unsaturated/α-hetero) is 1. The van der Waals surface area contributed by atoms with Gasteiger partial charge in [0.25, 0.3) is 10.7 Å². The zero-order chi connectivity index (χ0) is 28.2. The molecule has 2 aliphatic rings. The number of ether oxygens (including phenoxy) is 1. The molecule has 0 spiro atoms. The van der Waals surface area contributed by atoms with Crippen LogP contribution in [0.3, 0.4) is 0 Å². The predicted octanol–water partition coefficient (Wildman–Crippen LogP) is 3.42. The number of nitrogens with one attached hydrogen (secondary N) is 2. The molecule has 3 N–H and O–H groups in total.